The number of nitrogens with zero attached hydrogens (tertiary/aromatic N) is 1. The molecular weight excluding hydrogens is 366 g/mol. The van der Waals surface area contributed by atoms with Crippen molar-refractivity contribution >= 4 is 24.3 Å². The molecule has 0 aromatic heterocycles. The molecule has 1 heterocycles. The van der Waals surface area contributed by atoms with Crippen LogP contribution < -0.4 is 0 Å². The molecule has 1 aromatic rings. The molecule has 27 heavy (non-hydrogen) atoms. The SMILES string of the molecule is CC(=O)OCC(C(=O)OCC(C)(C)CN1CCCCC1)c1ccccc1.Cl. The Labute approximate surface area is 168 Å². The first-order chi connectivity index (χ1) is 12.4. The van der Waals surface area contributed by atoms with Crippen LogP contribution in [0.3, 0.4) is 0 Å². The summed E-state index contributed by atoms with van der Waals surface area (Å²) < 4.78 is 10.7. The molecule has 2 rings (SSSR count). The van der Waals surface area contributed by atoms with Gasteiger partial charge in [0.25, 0.3) is 0 Å². The molecule has 0 aliphatic carbocycles. The molecule has 6 heteroatoms. The number of likely N-dealkylation sites (tertiary alicyclic amines) is 1. The lowest BCUT2D eigenvalue weighted by atomic mass is 9.92. The molecule has 0 amide bonds. The van der Waals surface area contributed by atoms with Gasteiger partial charge >= 0.3 is 11.9 Å². The molecule has 1 aliphatic heterocycles. The maximum atomic E-state index is 12.7. The largest absolute Gasteiger partial charge is 0.465 e. The van der Waals surface area contributed by atoms with Crippen molar-refractivity contribution in [2.45, 2.75) is 46.0 Å². The summed E-state index contributed by atoms with van der Waals surface area (Å²) in [6.45, 7) is 9.11. The van der Waals surface area contributed by atoms with Crippen LogP contribution >= 0.6 is 12.4 Å². The van der Waals surface area contributed by atoms with Gasteiger partial charge in [0, 0.05) is 18.9 Å². The lowest BCUT2D eigenvalue weighted by Crippen LogP contribution is -2.40. The molecule has 1 aromatic carbocycles. The fourth-order valence-corrected chi connectivity index (χ4v) is 3.32. The summed E-state index contributed by atoms with van der Waals surface area (Å²) in [5.41, 5.74) is 0.683. The Bertz CT molecular complexity index is 585. The fraction of sp³-hybridized carbons (Fsp3) is 0.619. The van der Waals surface area contributed by atoms with E-state index >= 15 is 0 Å². The summed E-state index contributed by atoms with van der Waals surface area (Å²) in [6.07, 6.45) is 3.80. The molecule has 1 saturated heterocycles. The zero-order valence-electron chi connectivity index (χ0n) is 16.6. The van der Waals surface area contributed by atoms with E-state index in [4.69, 9.17) is 9.47 Å². The number of carbonyl (C=O) groups is 2. The van der Waals surface area contributed by atoms with Crippen LogP contribution in [0.15, 0.2) is 30.3 Å². The number of rotatable bonds is 8. The van der Waals surface area contributed by atoms with Gasteiger partial charge in [-0.3, -0.25) is 9.59 Å². The zero-order chi connectivity index (χ0) is 19.0. The maximum Gasteiger partial charge on any atom is 0.316 e. The second-order valence-electron chi connectivity index (χ2n) is 7.87. The standard InChI is InChI=1S/C21H31NO4.ClH/c1-17(23)25-14-19(18-10-6-4-7-11-18)20(24)26-16-21(2,3)15-22-12-8-5-9-13-22;/h4,6-7,10-11,19H,5,8-9,12-16H2,1-3H3;1H. The Morgan fingerprint density at radius 3 is 2.30 bits per heavy atom. The molecule has 0 radical (unpaired) electrons. The summed E-state index contributed by atoms with van der Waals surface area (Å²) in [7, 11) is 0. The van der Waals surface area contributed by atoms with E-state index in [-0.39, 0.29) is 30.4 Å². The molecule has 5 nitrogen and oxygen atoms in total. The van der Waals surface area contributed by atoms with E-state index in [0.29, 0.717) is 6.61 Å². The Morgan fingerprint density at radius 1 is 1.07 bits per heavy atom. The van der Waals surface area contributed by atoms with Crippen LogP contribution in [0.1, 0.15) is 51.5 Å². The minimum absolute atomic E-state index is 0. The average molecular weight is 398 g/mol. The van der Waals surface area contributed by atoms with Crippen LogP contribution in [-0.2, 0) is 19.1 Å². The molecule has 0 bridgehead atoms. The third kappa shape index (κ3) is 8.31. The van der Waals surface area contributed by atoms with Gasteiger partial charge in [-0.1, -0.05) is 50.6 Å². The number of hydrogen-bond acceptors (Lipinski definition) is 5. The number of esters is 2. The summed E-state index contributed by atoms with van der Waals surface area (Å²) in [6, 6.07) is 9.33. The van der Waals surface area contributed by atoms with E-state index in [2.05, 4.69) is 18.7 Å². The minimum Gasteiger partial charge on any atom is -0.465 e. The lowest BCUT2D eigenvalue weighted by molar-refractivity contribution is -0.153. The first-order valence-corrected chi connectivity index (χ1v) is 9.45. The number of benzene rings is 1. The van der Waals surface area contributed by atoms with Gasteiger partial charge in [0.2, 0.25) is 0 Å². The van der Waals surface area contributed by atoms with Crippen LogP contribution in [0.2, 0.25) is 0 Å². The van der Waals surface area contributed by atoms with E-state index in [0.717, 1.165) is 25.2 Å². The highest BCUT2D eigenvalue weighted by molar-refractivity contribution is 5.85. The van der Waals surface area contributed by atoms with Gasteiger partial charge in [0.1, 0.15) is 12.5 Å². The zero-order valence-corrected chi connectivity index (χ0v) is 17.4. The van der Waals surface area contributed by atoms with Crippen molar-refractivity contribution in [3.63, 3.8) is 0 Å². The summed E-state index contributed by atoms with van der Waals surface area (Å²) in [5, 5.41) is 0. The Kier molecular flexibility index (Phi) is 9.81. The van der Waals surface area contributed by atoms with E-state index in [1.165, 1.54) is 26.2 Å². The molecule has 0 spiro atoms. The highest BCUT2D eigenvalue weighted by Gasteiger charge is 2.28. The van der Waals surface area contributed by atoms with Gasteiger partial charge in [0.15, 0.2) is 0 Å². The molecule has 1 atom stereocenters. The molecule has 1 aliphatic rings. The topological polar surface area (TPSA) is 55.8 Å². The highest BCUT2D eigenvalue weighted by atomic mass is 35.5. The second-order valence-corrected chi connectivity index (χ2v) is 7.87. The number of ether oxygens (including phenoxy) is 2. The molecule has 0 N–H and O–H groups in total. The average Bonchev–Trinajstić information content (AvgIpc) is 2.61. The smallest absolute Gasteiger partial charge is 0.316 e. The molecule has 1 fully saturated rings. The Hall–Kier alpha value is -1.59. The first kappa shape index (κ1) is 23.4. The predicted molar refractivity (Wildman–Crippen MR) is 108 cm³/mol. The normalized spacial score (nSPS) is 16.1. The van der Waals surface area contributed by atoms with Crippen LogP contribution in [0.4, 0.5) is 0 Å². The van der Waals surface area contributed by atoms with Crippen molar-refractivity contribution in [1.82, 2.24) is 4.90 Å². The minimum atomic E-state index is -0.592. The van der Waals surface area contributed by atoms with Gasteiger partial charge < -0.3 is 14.4 Å². The maximum absolute atomic E-state index is 12.7. The Morgan fingerprint density at radius 2 is 1.70 bits per heavy atom. The number of hydrogen-bond donors (Lipinski definition) is 0. The van der Waals surface area contributed by atoms with Crippen LogP contribution in [0.25, 0.3) is 0 Å². The number of carbonyl (C=O) groups excluding carboxylic acids is 2. The summed E-state index contributed by atoms with van der Waals surface area (Å²) in [4.78, 5) is 26.3. The van der Waals surface area contributed by atoms with Crippen molar-refractivity contribution in [3.05, 3.63) is 35.9 Å². The first-order valence-electron chi connectivity index (χ1n) is 9.45. The van der Waals surface area contributed by atoms with E-state index in [1.54, 1.807) is 0 Å². The number of piperidine rings is 1. The molecular formula is C21H32ClNO4. The monoisotopic (exact) mass is 397 g/mol. The third-order valence-corrected chi connectivity index (χ3v) is 4.65. The van der Waals surface area contributed by atoms with Crippen LogP contribution in [-0.4, -0.2) is 49.7 Å². The van der Waals surface area contributed by atoms with Crippen LogP contribution in [0.5, 0.6) is 0 Å². The van der Waals surface area contributed by atoms with Crippen molar-refractivity contribution in [2.75, 3.05) is 32.8 Å². The Balaban J connectivity index is 0.00000364. The summed E-state index contributed by atoms with van der Waals surface area (Å²) >= 11 is 0. The van der Waals surface area contributed by atoms with E-state index in [9.17, 15) is 9.59 Å². The highest BCUT2D eigenvalue weighted by Crippen LogP contribution is 2.23. The van der Waals surface area contributed by atoms with E-state index < -0.39 is 11.9 Å². The number of halogens is 1. The van der Waals surface area contributed by atoms with Crippen molar-refractivity contribution in [1.29, 1.82) is 0 Å². The van der Waals surface area contributed by atoms with Gasteiger partial charge in [-0.2, -0.15) is 0 Å². The quantitative estimate of drug-likeness (QED) is 0.624. The van der Waals surface area contributed by atoms with Gasteiger partial charge in [-0.05, 0) is 31.5 Å². The van der Waals surface area contributed by atoms with Crippen molar-refractivity contribution in [2.24, 2.45) is 5.41 Å². The second kappa shape index (κ2) is 11.3. The van der Waals surface area contributed by atoms with E-state index in [1.807, 2.05) is 30.3 Å². The van der Waals surface area contributed by atoms with Gasteiger partial charge in [-0.25, -0.2) is 0 Å². The van der Waals surface area contributed by atoms with Crippen molar-refractivity contribution in [3.8, 4) is 0 Å². The molecule has 0 saturated carbocycles. The molecule has 1 unspecified atom stereocenters. The summed E-state index contributed by atoms with van der Waals surface area (Å²) in [5.74, 6) is -1.33. The lowest BCUT2D eigenvalue weighted by Gasteiger charge is -2.34. The van der Waals surface area contributed by atoms with Crippen LogP contribution in [0, 0.1) is 5.41 Å². The van der Waals surface area contributed by atoms with Gasteiger partial charge in [0.05, 0.1) is 6.61 Å². The predicted octanol–water partition coefficient (Wildman–Crippen LogP) is 3.81. The third-order valence-electron chi connectivity index (χ3n) is 4.65. The fourth-order valence-electron chi connectivity index (χ4n) is 3.32. The van der Waals surface area contributed by atoms with Crippen molar-refractivity contribution < 1.29 is 19.1 Å². The van der Waals surface area contributed by atoms with Gasteiger partial charge in [-0.15, -0.1) is 12.4 Å². The molecule has 152 valence electrons.